The van der Waals surface area contributed by atoms with Crippen LogP contribution in [0.4, 0.5) is 0 Å². The molecule has 2 nitrogen and oxygen atoms in total. The quantitative estimate of drug-likeness (QED) is 0.535. The fraction of sp³-hybridized carbons (Fsp3) is 1.00. The fourth-order valence-electron chi connectivity index (χ4n) is 1.55. The van der Waals surface area contributed by atoms with E-state index in [0.717, 1.165) is 6.04 Å². The predicted molar refractivity (Wildman–Crippen MR) is 59.3 cm³/mol. The Morgan fingerprint density at radius 3 is 2.31 bits per heavy atom. The molecular formula is C11H27N2+. The molecule has 0 radical (unpaired) electrons. The molecule has 0 amide bonds. The molecule has 0 spiro atoms. The molecule has 0 saturated heterocycles. The number of rotatable bonds is 8. The van der Waals surface area contributed by atoms with E-state index in [-0.39, 0.29) is 0 Å². The summed E-state index contributed by atoms with van der Waals surface area (Å²) in [6.45, 7) is 14.0. The Labute approximate surface area is 83.7 Å². The van der Waals surface area contributed by atoms with E-state index in [1.165, 1.54) is 39.0 Å². The topological polar surface area (TPSA) is 16.5 Å². The van der Waals surface area contributed by atoms with E-state index in [4.69, 9.17) is 0 Å². The van der Waals surface area contributed by atoms with Gasteiger partial charge in [0.15, 0.2) is 0 Å². The molecule has 0 aliphatic carbocycles. The second kappa shape index (κ2) is 8.52. The van der Waals surface area contributed by atoms with Gasteiger partial charge in [-0.15, -0.1) is 0 Å². The summed E-state index contributed by atoms with van der Waals surface area (Å²) >= 11 is 0. The van der Waals surface area contributed by atoms with Gasteiger partial charge in [-0.3, -0.25) is 0 Å². The van der Waals surface area contributed by atoms with Crippen LogP contribution in [-0.2, 0) is 0 Å². The molecule has 80 valence electrons. The molecule has 0 aliphatic heterocycles. The Hall–Kier alpha value is -0.0800. The van der Waals surface area contributed by atoms with Crippen LogP contribution >= 0.6 is 0 Å². The lowest BCUT2D eigenvalue weighted by atomic mass is 10.3. The molecule has 0 aromatic carbocycles. The molecule has 0 heterocycles. The number of unbranched alkanes of at least 4 members (excludes halogenated alkanes) is 1. The van der Waals surface area contributed by atoms with Crippen LogP contribution < -0.4 is 10.2 Å². The molecular weight excluding hydrogens is 160 g/mol. The summed E-state index contributed by atoms with van der Waals surface area (Å²) in [5.41, 5.74) is 0. The maximum atomic E-state index is 3.49. The van der Waals surface area contributed by atoms with Crippen molar-refractivity contribution in [1.82, 2.24) is 5.32 Å². The molecule has 0 fully saturated rings. The van der Waals surface area contributed by atoms with Crippen molar-refractivity contribution in [2.45, 2.75) is 46.6 Å². The van der Waals surface area contributed by atoms with Crippen LogP contribution in [-0.4, -0.2) is 32.2 Å². The summed E-state index contributed by atoms with van der Waals surface area (Å²) in [5, 5.41) is 3.49. The van der Waals surface area contributed by atoms with Crippen molar-refractivity contribution in [1.29, 1.82) is 0 Å². The molecule has 2 N–H and O–H groups in total. The smallest absolute Gasteiger partial charge is 0.0899 e. The highest BCUT2D eigenvalue weighted by molar-refractivity contribution is 4.45. The third-order valence-electron chi connectivity index (χ3n) is 2.60. The largest absolute Gasteiger partial charge is 0.332 e. The van der Waals surface area contributed by atoms with E-state index in [0.29, 0.717) is 0 Å². The molecule has 2 heteroatoms. The highest BCUT2D eigenvalue weighted by Crippen LogP contribution is 1.80. The van der Waals surface area contributed by atoms with Crippen LogP contribution in [0.1, 0.15) is 40.5 Å². The lowest BCUT2D eigenvalue weighted by Gasteiger charge is -2.21. The van der Waals surface area contributed by atoms with Gasteiger partial charge in [0.25, 0.3) is 0 Å². The molecule has 0 aromatic heterocycles. The van der Waals surface area contributed by atoms with Crippen molar-refractivity contribution >= 4 is 0 Å². The first-order valence-electron chi connectivity index (χ1n) is 5.77. The summed E-state index contributed by atoms with van der Waals surface area (Å²) < 4.78 is 0. The van der Waals surface area contributed by atoms with Crippen LogP contribution in [0.25, 0.3) is 0 Å². The lowest BCUT2D eigenvalue weighted by molar-refractivity contribution is -0.918. The summed E-state index contributed by atoms with van der Waals surface area (Å²) in [7, 11) is 0. The number of likely N-dealkylation sites (N-methyl/N-ethyl adjacent to an activating group) is 1. The molecule has 0 rings (SSSR count). The van der Waals surface area contributed by atoms with Gasteiger partial charge in [-0.2, -0.15) is 0 Å². The molecule has 0 aliphatic rings. The zero-order chi connectivity index (χ0) is 10.1. The Balaban J connectivity index is 3.28. The fourth-order valence-corrected chi connectivity index (χ4v) is 1.55. The van der Waals surface area contributed by atoms with E-state index in [1.54, 1.807) is 4.90 Å². The first kappa shape index (κ1) is 12.9. The molecule has 0 aromatic rings. The third-order valence-corrected chi connectivity index (χ3v) is 2.60. The lowest BCUT2D eigenvalue weighted by Crippen LogP contribution is -3.15. The van der Waals surface area contributed by atoms with Crippen LogP contribution in [0.5, 0.6) is 0 Å². The zero-order valence-corrected chi connectivity index (χ0v) is 9.82. The van der Waals surface area contributed by atoms with Gasteiger partial charge >= 0.3 is 0 Å². The van der Waals surface area contributed by atoms with Crippen molar-refractivity contribution in [3.8, 4) is 0 Å². The van der Waals surface area contributed by atoms with E-state index in [1.807, 2.05) is 0 Å². The van der Waals surface area contributed by atoms with E-state index < -0.39 is 0 Å². The summed E-state index contributed by atoms with van der Waals surface area (Å²) in [5.74, 6) is 0. The van der Waals surface area contributed by atoms with Crippen LogP contribution in [0.15, 0.2) is 0 Å². The van der Waals surface area contributed by atoms with Gasteiger partial charge in [0.1, 0.15) is 0 Å². The van der Waals surface area contributed by atoms with Gasteiger partial charge in [-0.1, -0.05) is 13.3 Å². The highest BCUT2D eigenvalue weighted by atomic mass is 15.2. The minimum atomic E-state index is 0.762. The van der Waals surface area contributed by atoms with Gasteiger partial charge in [0.05, 0.1) is 19.1 Å². The summed E-state index contributed by atoms with van der Waals surface area (Å²) in [6, 6.07) is 0.762. The van der Waals surface area contributed by atoms with Gasteiger partial charge in [0.2, 0.25) is 0 Å². The van der Waals surface area contributed by atoms with Gasteiger partial charge in [-0.05, 0) is 33.7 Å². The van der Waals surface area contributed by atoms with E-state index in [2.05, 4.69) is 33.0 Å². The Bertz CT molecular complexity index is 102. The number of hydrogen-bond acceptors (Lipinski definition) is 1. The Kier molecular flexibility index (Phi) is 8.46. The Morgan fingerprint density at radius 2 is 1.85 bits per heavy atom. The minimum absolute atomic E-state index is 0.762. The average Bonchev–Trinajstić information content (AvgIpc) is 2.10. The number of quaternary nitrogens is 1. The van der Waals surface area contributed by atoms with Gasteiger partial charge in [0, 0.05) is 6.54 Å². The first-order valence-corrected chi connectivity index (χ1v) is 5.77. The maximum absolute atomic E-state index is 3.49. The third kappa shape index (κ3) is 7.03. The zero-order valence-electron chi connectivity index (χ0n) is 9.82. The highest BCUT2D eigenvalue weighted by Gasteiger charge is 2.08. The van der Waals surface area contributed by atoms with Crippen LogP contribution in [0.2, 0.25) is 0 Å². The van der Waals surface area contributed by atoms with Crippen molar-refractivity contribution < 1.29 is 4.90 Å². The van der Waals surface area contributed by atoms with Crippen LogP contribution in [0, 0.1) is 0 Å². The average molecular weight is 187 g/mol. The predicted octanol–water partition coefficient (Wildman–Crippen LogP) is 0.689. The second-order valence-corrected chi connectivity index (χ2v) is 4.02. The summed E-state index contributed by atoms with van der Waals surface area (Å²) in [6.07, 6.45) is 2.60. The minimum Gasteiger partial charge on any atom is -0.332 e. The standard InChI is InChI=1S/C11H26N2/c1-5-7-8-12-9-10-13(6-2)11(3)4/h11-12H,5-10H2,1-4H3/p+1. The van der Waals surface area contributed by atoms with Crippen molar-refractivity contribution in [3.05, 3.63) is 0 Å². The Morgan fingerprint density at radius 1 is 1.15 bits per heavy atom. The van der Waals surface area contributed by atoms with Crippen LogP contribution in [0.3, 0.4) is 0 Å². The monoisotopic (exact) mass is 187 g/mol. The molecule has 13 heavy (non-hydrogen) atoms. The van der Waals surface area contributed by atoms with Gasteiger partial charge in [-0.25, -0.2) is 0 Å². The maximum Gasteiger partial charge on any atom is 0.0899 e. The van der Waals surface area contributed by atoms with E-state index >= 15 is 0 Å². The van der Waals surface area contributed by atoms with Crippen molar-refractivity contribution in [2.75, 3.05) is 26.2 Å². The second-order valence-electron chi connectivity index (χ2n) is 4.02. The number of hydrogen-bond donors (Lipinski definition) is 2. The van der Waals surface area contributed by atoms with Crippen molar-refractivity contribution in [2.24, 2.45) is 0 Å². The first-order chi connectivity index (χ1) is 6.22. The normalized spacial score (nSPS) is 13.6. The molecule has 1 atom stereocenters. The summed E-state index contributed by atoms with van der Waals surface area (Å²) in [4.78, 5) is 1.70. The van der Waals surface area contributed by atoms with E-state index in [9.17, 15) is 0 Å². The molecule has 1 unspecified atom stereocenters. The van der Waals surface area contributed by atoms with Gasteiger partial charge < -0.3 is 10.2 Å². The molecule has 0 bridgehead atoms. The van der Waals surface area contributed by atoms with Crippen molar-refractivity contribution in [3.63, 3.8) is 0 Å². The number of nitrogens with one attached hydrogen (secondary N) is 2. The SMILES string of the molecule is CCCCNCC[NH+](CC)C(C)C. The molecule has 0 saturated carbocycles.